The van der Waals surface area contributed by atoms with E-state index in [-0.39, 0.29) is 16.6 Å². The minimum Gasteiger partial charge on any atom is -0.492 e. The molecule has 0 bridgehead atoms. The normalized spacial score (nSPS) is 17.5. The van der Waals surface area contributed by atoms with Gasteiger partial charge in [-0.15, -0.1) is 5.10 Å². The number of carbonyl (C=O) groups is 1. The number of sulfonamides is 1. The molecule has 1 saturated carbocycles. The first-order valence-electron chi connectivity index (χ1n) is 10.0. The molecule has 1 aromatic heterocycles. The van der Waals surface area contributed by atoms with Crippen LogP contribution in [-0.4, -0.2) is 77.5 Å². The first-order valence-corrected chi connectivity index (χ1v) is 12.5. The molecule has 1 aliphatic heterocycles. The summed E-state index contributed by atoms with van der Waals surface area (Å²) in [7, 11) is -3.70. The van der Waals surface area contributed by atoms with E-state index in [1.54, 1.807) is 10.7 Å². The molecule has 0 unspecified atom stereocenters. The zero-order valence-corrected chi connectivity index (χ0v) is 18.7. The van der Waals surface area contributed by atoms with E-state index in [0.717, 1.165) is 12.8 Å². The fraction of sp³-hybridized carbons (Fsp3) is 0.556. The molecule has 1 amide bonds. The number of hydrogen-bond acceptors (Lipinski definition) is 9. The molecule has 0 spiro atoms. The van der Waals surface area contributed by atoms with Gasteiger partial charge in [0.05, 0.1) is 42.2 Å². The molecular formula is C18H24N6O5S2. The van der Waals surface area contributed by atoms with Crippen molar-refractivity contribution in [2.75, 3.05) is 44.0 Å². The van der Waals surface area contributed by atoms with Crippen molar-refractivity contribution in [3.05, 3.63) is 18.2 Å². The molecule has 11 nitrogen and oxygen atoms in total. The molecule has 2 aromatic rings. The number of carbonyl (C=O) groups excluding carboxylic acids is 1. The van der Waals surface area contributed by atoms with Gasteiger partial charge in [-0.2, -0.15) is 4.31 Å². The number of nitrogens with one attached hydrogen (secondary N) is 1. The van der Waals surface area contributed by atoms with Crippen molar-refractivity contribution in [1.29, 1.82) is 0 Å². The summed E-state index contributed by atoms with van der Waals surface area (Å²) >= 11 is 1.23. The van der Waals surface area contributed by atoms with Crippen LogP contribution in [-0.2, 0) is 19.6 Å². The van der Waals surface area contributed by atoms with Crippen molar-refractivity contribution in [2.24, 2.45) is 0 Å². The number of thioether (sulfide) groups is 1. The van der Waals surface area contributed by atoms with Crippen molar-refractivity contribution >= 4 is 33.4 Å². The number of rotatable bonds is 9. The third-order valence-corrected chi connectivity index (χ3v) is 7.65. The summed E-state index contributed by atoms with van der Waals surface area (Å²) in [5.74, 6) is 0.181. The highest BCUT2D eigenvalue weighted by Crippen LogP contribution is 2.36. The summed E-state index contributed by atoms with van der Waals surface area (Å²) in [6.07, 6.45) is 2.07. The van der Waals surface area contributed by atoms with Crippen LogP contribution in [0.2, 0.25) is 0 Å². The smallest absolute Gasteiger partial charge is 0.243 e. The summed E-state index contributed by atoms with van der Waals surface area (Å²) in [5.41, 5.74) is 0.309. The standard InChI is InChI=1S/C18H24N6O5S2/c1-2-29-16-6-5-14(31(26,27)23-7-9-28-10-8-23)11-15(16)19-17(25)12-30-18-20-21-22-24(18)13-3-4-13/h5-6,11,13H,2-4,7-10,12H2,1H3,(H,19,25). The second kappa shape index (κ2) is 9.51. The minimum absolute atomic E-state index is 0.0824. The molecule has 0 atom stereocenters. The van der Waals surface area contributed by atoms with E-state index >= 15 is 0 Å². The van der Waals surface area contributed by atoms with E-state index in [1.807, 2.05) is 6.92 Å². The highest BCUT2D eigenvalue weighted by atomic mass is 32.2. The van der Waals surface area contributed by atoms with Crippen molar-refractivity contribution < 1.29 is 22.7 Å². The number of ether oxygens (including phenoxy) is 2. The predicted molar refractivity (Wildman–Crippen MR) is 113 cm³/mol. The number of amides is 1. The summed E-state index contributed by atoms with van der Waals surface area (Å²) in [4.78, 5) is 12.7. The number of tetrazole rings is 1. The van der Waals surface area contributed by atoms with Gasteiger partial charge < -0.3 is 14.8 Å². The number of hydrogen-bond donors (Lipinski definition) is 1. The van der Waals surface area contributed by atoms with E-state index < -0.39 is 10.0 Å². The van der Waals surface area contributed by atoms with Gasteiger partial charge in [-0.25, -0.2) is 13.1 Å². The Bertz CT molecular complexity index is 1030. The van der Waals surface area contributed by atoms with E-state index in [1.165, 1.54) is 28.2 Å². The van der Waals surface area contributed by atoms with Crippen LogP contribution in [0.15, 0.2) is 28.3 Å². The predicted octanol–water partition coefficient (Wildman–Crippen LogP) is 1.16. The molecule has 2 aliphatic rings. The molecule has 4 rings (SSSR count). The lowest BCUT2D eigenvalue weighted by atomic mass is 10.3. The van der Waals surface area contributed by atoms with E-state index in [2.05, 4.69) is 20.8 Å². The number of aromatic nitrogens is 4. The van der Waals surface area contributed by atoms with Crippen LogP contribution < -0.4 is 10.1 Å². The molecule has 13 heteroatoms. The number of morpholine rings is 1. The third-order valence-electron chi connectivity index (χ3n) is 4.82. The fourth-order valence-corrected chi connectivity index (χ4v) is 5.31. The van der Waals surface area contributed by atoms with Gasteiger partial charge in [-0.3, -0.25) is 4.79 Å². The molecule has 0 radical (unpaired) electrons. The zero-order chi connectivity index (χ0) is 21.8. The second-order valence-corrected chi connectivity index (χ2v) is 9.96. The van der Waals surface area contributed by atoms with Crippen LogP contribution in [0.1, 0.15) is 25.8 Å². The SMILES string of the molecule is CCOc1ccc(S(=O)(=O)N2CCOCC2)cc1NC(=O)CSc1nnnn1C1CC1. The number of benzene rings is 1. The molecule has 1 saturated heterocycles. The van der Waals surface area contributed by atoms with Crippen LogP contribution in [0.5, 0.6) is 5.75 Å². The Kier molecular flexibility index (Phi) is 6.74. The van der Waals surface area contributed by atoms with Gasteiger partial charge in [0, 0.05) is 13.1 Å². The maximum atomic E-state index is 13.0. The summed E-state index contributed by atoms with van der Waals surface area (Å²) < 4.78 is 39.9. The van der Waals surface area contributed by atoms with E-state index in [4.69, 9.17) is 9.47 Å². The molecular weight excluding hydrogens is 444 g/mol. The Hall–Kier alpha value is -2.22. The summed E-state index contributed by atoms with van der Waals surface area (Å²) in [6, 6.07) is 4.80. The first kappa shape index (κ1) is 22.0. The van der Waals surface area contributed by atoms with Gasteiger partial charge in [0.15, 0.2) is 0 Å². The van der Waals surface area contributed by atoms with Crippen molar-refractivity contribution in [3.63, 3.8) is 0 Å². The van der Waals surface area contributed by atoms with Crippen LogP contribution in [0.3, 0.4) is 0 Å². The largest absolute Gasteiger partial charge is 0.492 e. The number of nitrogens with zero attached hydrogens (tertiary/aromatic N) is 5. The Morgan fingerprint density at radius 2 is 2.10 bits per heavy atom. The van der Waals surface area contributed by atoms with Gasteiger partial charge in [-0.1, -0.05) is 11.8 Å². The molecule has 1 aromatic carbocycles. The lowest BCUT2D eigenvalue weighted by Crippen LogP contribution is -2.40. The summed E-state index contributed by atoms with van der Waals surface area (Å²) in [6.45, 7) is 3.50. The average molecular weight is 469 g/mol. The number of anilines is 1. The van der Waals surface area contributed by atoms with Gasteiger partial charge in [0.1, 0.15) is 5.75 Å². The van der Waals surface area contributed by atoms with Gasteiger partial charge >= 0.3 is 0 Å². The van der Waals surface area contributed by atoms with Crippen LogP contribution in [0.4, 0.5) is 5.69 Å². The minimum atomic E-state index is -3.70. The second-order valence-electron chi connectivity index (χ2n) is 7.08. The Morgan fingerprint density at radius 3 is 2.81 bits per heavy atom. The summed E-state index contributed by atoms with van der Waals surface area (Å²) in [5, 5.41) is 15.0. The van der Waals surface area contributed by atoms with Gasteiger partial charge in [0.25, 0.3) is 0 Å². The first-order chi connectivity index (χ1) is 15.0. The monoisotopic (exact) mass is 468 g/mol. The van der Waals surface area contributed by atoms with E-state index in [9.17, 15) is 13.2 Å². The molecule has 168 valence electrons. The highest BCUT2D eigenvalue weighted by molar-refractivity contribution is 7.99. The van der Waals surface area contributed by atoms with Crippen molar-refractivity contribution in [2.45, 2.75) is 35.9 Å². The quantitative estimate of drug-likeness (QED) is 0.539. The van der Waals surface area contributed by atoms with Crippen LogP contribution in [0, 0.1) is 0 Å². The van der Waals surface area contributed by atoms with E-state index in [0.29, 0.717) is 55.5 Å². The lowest BCUT2D eigenvalue weighted by Gasteiger charge is -2.26. The third kappa shape index (κ3) is 5.17. The fourth-order valence-electron chi connectivity index (χ4n) is 3.13. The van der Waals surface area contributed by atoms with Gasteiger partial charge in [-0.05, 0) is 48.4 Å². The molecule has 31 heavy (non-hydrogen) atoms. The molecule has 1 N–H and O–H groups in total. The lowest BCUT2D eigenvalue weighted by molar-refractivity contribution is -0.113. The topological polar surface area (TPSA) is 129 Å². The molecule has 2 heterocycles. The average Bonchev–Trinajstić information content (AvgIpc) is 3.51. The van der Waals surface area contributed by atoms with Crippen molar-refractivity contribution in [1.82, 2.24) is 24.5 Å². The van der Waals surface area contributed by atoms with Crippen LogP contribution >= 0.6 is 11.8 Å². The molecule has 2 fully saturated rings. The Balaban J connectivity index is 1.48. The highest BCUT2D eigenvalue weighted by Gasteiger charge is 2.29. The zero-order valence-electron chi connectivity index (χ0n) is 17.1. The maximum absolute atomic E-state index is 13.0. The Labute approximate surface area is 184 Å². The molecule has 1 aliphatic carbocycles. The van der Waals surface area contributed by atoms with Crippen molar-refractivity contribution in [3.8, 4) is 5.75 Å². The van der Waals surface area contributed by atoms with Crippen LogP contribution in [0.25, 0.3) is 0 Å². The Morgan fingerprint density at radius 1 is 1.32 bits per heavy atom. The van der Waals surface area contributed by atoms with Gasteiger partial charge in [0.2, 0.25) is 21.1 Å². The maximum Gasteiger partial charge on any atom is 0.243 e.